The summed E-state index contributed by atoms with van der Waals surface area (Å²) in [6, 6.07) is 16.3. The molecule has 2 aliphatic rings. The molecule has 6 heteroatoms. The van der Waals surface area contributed by atoms with Crippen LogP contribution < -0.4 is 5.32 Å². The molecule has 2 aromatic carbocycles. The van der Waals surface area contributed by atoms with Crippen molar-refractivity contribution in [3.63, 3.8) is 0 Å². The van der Waals surface area contributed by atoms with E-state index in [1.54, 1.807) is 0 Å². The highest BCUT2D eigenvalue weighted by Crippen LogP contribution is 2.45. The number of ether oxygens (including phenoxy) is 2. The predicted octanol–water partition coefficient (Wildman–Crippen LogP) is 3.80. The van der Waals surface area contributed by atoms with Gasteiger partial charge in [0.25, 0.3) is 0 Å². The van der Waals surface area contributed by atoms with Crippen LogP contribution in [0, 0.1) is 5.92 Å². The molecule has 2 N–H and O–H groups in total. The van der Waals surface area contributed by atoms with Crippen LogP contribution in [0.3, 0.4) is 0 Å². The van der Waals surface area contributed by atoms with Crippen LogP contribution in [0.1, 0.15) is 36.3 Å². The Bertz CT molecular complexity index is 877. The first kappa shape index (κ1) is 19.5. The number of benzene rings is 2. The molecule has 1 atom stereocenters. The molecule has 0 bridgehead atoms. The van der Waals surface area contributed by atoms with Crippen molar-refractivity contribution in [1.29, 1.82) is 0 Å². The third kappa shape index (κ3) is 3.85. The number of fused-ring (bicyclic) bond motifs is 3. The van der Waals surface area contributed by atoms with Gasteiger partial charge in [-0.2, -0.15) is 0 Å². The normalized spacial score (nSPS) is 17.1. The summed E-state index contributed by atoms with van der Waals surface area (Å²) in [5.74, 6) is -0.905. The number of carboxylic acid groups (broad SMARTS) is 1. The number of methoxy groups -OCH3 is 1. The van der Waals surface area contributed by atoms with Gasteiger partial charge in [-0.3, -0.25) is 4.79 Å². The van der Waals surface area contributed by atoms with E-state index in [9.17, 15) is 14.7 Å². The number of hydrogen-bond acceptors (Lipinski definition) is 4. The minimum atomic E-state index is -0.965. The molecule has 1 fully saturated rings. The number of rotatable bonds is 8. The van der Waals surface area contributed by atoms with Gasteiger partial charge < -0.3 is 19.9 Å². The Morgan fingerprint density at radius 3 is 2.17 bits per heavy atom. The smallest absolute Gasteiger partial charge is 0.407 e. The van der Waals surface area contributed by atoms with E-state index < -0.39 is 17.6 Å². The van der Waals surface area contributed by atoms with Crippen LogP contribution in [0.15, 0.2) is 48.5 Å². The Morgan fingerprint density at radius 1 is 1.07 bits per heavy atom. The van der Waals surface area contributed by atoms with Gasteiger partial charge >= 0.3 is 12.1 Å². The van der Waals surface area contributed by atoms with Crippen molar-refractivity contribution < 1.29 is 24.2 Å². The summed E-state index contributed by atoms with van der Waals surface area (Å²) in [6.07, 6.45) is 0.966. The van der Waals surface area contributed by atoms with E-state index in [4.69, 9.17) is 9.47 Å². The van der Waals surface area contributed by atoms with Crippen molar-refractivity contribution in [2.75, 3.05) is 20.3 Å². The third-order valence-corrected chi connectivity index (χ3v) is 5.92. The number of carbonyl (C=O) groups excluding carboxylic acids is 1. The van der Waals surface area contributed by atoms with Crippen LogP contribution in [0.4, 0.5) is 4.79 Å². The molecular formula is C23H25NO5. The maximum Gasteiger partial charge on any atom is 0.407 e. The molecule has 1 unspecified atom stereocenters. The van der Waals surface area contributed by atoms with Gasteiger partial charge in [-0.15, -0.1) is 0 Å². The van der Waals surface area contributed by atoms with Gasteiger partial charge in [0.15, 0.2) is 0 Å². The van der Waals surface area contributed by atoms with Crippen molar-refractivity contribution in [2.24, 2.45) is 5.92 Å². The van der Waals surface area contributed by atoms with Crippen molar-refractivity contribution in [3.05, 3.63) is 59.7 Å². The van der Waals surface area contributed by atoms with Crippen LogP contribution in [-0.2, 0) is 14.3 Å². The van der Waals surface area contributed by atoms with Crippen molar-refractivity contribution >= 4 is 12.1 Å². The van der Waals surface area contributed by atoms with Crippen LogP contribution in [-0.4, -0.2) is 43.0 Å². The molecule has 6 nitrogen and oxygen atoms in total. The fraction of sp³-hybridized carbons (Fsp3) is 0.391. The molecule has 0 spiro atoms. The molecule has 1 saturated carbocycles. The molecule has 0 aromatic heterocycles. The Hall–Kier alpha value is -2.86. The summed E-state index contributed by atoms with van der Waals surface area (Å²) in [5, 5.41) is 12.2. The minimum absolute atomic E-state index is 0.0367. The lowest BCUT2D eigenvalue weighted by atomic mass is 9.90. The molecular weight excluding hydrogens is 370 g/mol. The fourth-order valence-electron chi connectivity index (χ4n) is 4.50. The van der Waals surface area contributed by atoms with E-state index in [0.717, 1.165) is 35.1 Å². The lowest BCUT2D eigenvalue weighted by molar-refractivity contribution is -0.139. The topological polar surface area (TPSA) is 84.9 Å². The first-order valence-corrected chi connectivity index (χ1v) is 9.88. The van der Waals surface area contributed by atoms with E-state index in [1.165, 1.54) is 7.11 Å². The number of aliphatic carboxylic acids is 1. The monoisotopic (exact) mass is 395 g/mol. The zero-order valence-corrected chi connectivity index (χ0v) is 16.4. The number of carboxylic acids is 1. The van der Waals surface area contributed by atoms with E-state index in [1.807, 2.05) is 24.3 Å². The molecule has 2 aliphatic carbocycles. The second-order valence-corrected chi connectivity index (χ2v) is 7.88. The molecule has 0 saturated heterocycles. The summed E-state index contributed by atoms with van der Waals surface area (Å²) in [4.78, 5) is 24.0. The van der Waals surface area contributed by atoms with Gasteiger partial charge in [-0.1, -0.05) is 48.5 Å². The molecule has 4 rings (SSSR count). The molecule has 152 valence electrons. The SMILES string of the molecule is COCC(CC(=O)O)(NC(=O)OCC1c2ccccc2-c2ccccc21)C1CC1. The highest BCUT2D eigenvalue weighted by Gasteiger charge is 2.48. The lowest BCUT2D eigenvalue weighted by Gasteiger charge is -2.32. The number of hydrogen-bond donors (Lipinski definition) is 2. The molecule has 0 heterocycles. The lowest BCUT2D eigenvalue weighted by Crippen LogP contribution is -2.55. The molecule has 29 heavy (non-hydrogen) atoms. The summed E-state index contributed by atoms with van der Waals surface area (Å²) in [5.41, 5.74) is 3.67. The van der Waals surface area contributed by atoms with Crippen molar-refractivity contribution in [2.45, 2.75) is 30.7 Å². The Kier molecular flexibility index (Phi) is 5.28. The van der Waals surface area contributed by atoms with Gasteiger partial charge in [-0.05, 0) is 41.0 Å². The largest absolute Gasteiger partial charge is 0.481 e. The van der Waals surface area contributed by atoms with Crippen LogP contribution in [0.25, 0.3) is 11.1 Å². The quantitative estimate of drug-likeness (QED) is 0.710. The average Bonchev–Trinajstić information content (AvgIpc) is 3.50. The summed E-state index contributed by atoms with van der Waals surface area (Å²) >= 11 is 0. The van der Waals surface area contributed by atoms with Gasteiger partial charge in [0.05, 0.1) is 18.6 Å². The second-order valence-electron chi connectivity index (χ2n) is 7.88. The number of nitrogens with one attached hydrogen (secondary N) is 1. The van der Waals surface area contributed by atoms with Gasteiger partial charge in [0.2, 0.25) is 0 Å². The standard InChI is InChI=1S/C23H25NO5/c1-28-14-23(12-21(25)26,15-10-11-15)24-22(27)29-13-20-18-8-4-2-6-16(18)17-7-3-5-9-19(17)20/h2-9,15,20H,10-14H2,1H3,(H,24,27)(H,25,26). The molecule has 0 radical (unpaired) electrons. The van der Waals surface area contributed by atoms with Crippen molar-refractivity contribution in [1.82, 2.24) is 5.32 Å². The van der Waals surface area contributed by atoms with E-state index >= 15 is 0 Å². The third-order valence-electron chi connectivity index (χ3n) is 5.92. The second kappa shape index (κ2) is 7.87. The zero-order chi connectivity index (χ0) is 20.4. The maximum atomic E-state index is 12.6. The summed E-state index contributed by atoms with van der Waals surface area (Å²) in [6.45, 7) is 0.342. The number of carbonyl (C=O) groups is 2. The highest BCUT2D eigenvalue weighted by molar-refractivity contribution is 5.79. The van der Waals surface area contributed by atoms with Crippen molar-refractivity contribution in [3.8, 4) is 11.1 Å². The Labute approximate surface area is 169 Å². The number of amides is 1. The van der Waals surface area contributed by atoms with E-state index in [-0.39, 0.29) is 31.5 Å². The molecule has 1 amide bonds. The summed E-state index contributed by atoms with van der Waals surface area (Å²) < 4.78 is 10.9. The van der Waals surface area contributed by atoms with Gasteiger partial charge in [-0.25, -0.2) is 4.79 Å². The van der Waals surface area contributed by atoms with Crippen LogP contribution >= 0.6 is 0 Å². The first-order valence-electron chi connectivity index (χ1n) is 9.88. The highest BCUT2D eigenvalue weighted by atomic mass is 16.5. The zero-order valence-electron chi connectivity index (χ0n) is 16.4. The maximum absolute atomic E-state index is 12.6. The Balaban J connectivity index is 1.49. The van der Waals surface area contributed by atoms with Crippen LogP contribution in [0.5, 0.6) is 0 Å². The first-order chi connectivity index (χ1) is 14.0. The fourth-order valence-corrected chi connectivity index (χ4v) is 4.50. The van der Waals surface area contributed by atoms with Gasteiger partial charge in [0, 0.05) is 13.0 Å². The molecule has 2 aromatic rings. The van der Waals surface area contributed by atoms with Gasteiger partial charge in [0.1, 0.15) is 6.61 Å². The Morgan fingerprint density at radius 2 is 1.66 bits per heavy atom. The minimum Gasteiger partial charge on any atom is -0.481 e. The predicted molar refractivity (Wildman–Crippen MR) is 108 cm³/mol. The van der Waals surface area contributed by atoms with E-state index in [0.29, 0.717) is 0 Å². The number of alkyl carbamates (subject to hydrolysis) is 1. The van der Waals surface area contributed by atoms with E-state index in [2.05, 4.69) is 29.6 Å². The molecule has 0 aliphatic heterocycles. The van der Waals surface area contributed by atoms with Crippen LogP contribution in [0.2, 0.25) is 0 Å². The summed E-state index contributed by atoms with van der Waals surface area (Å²) in [7, 11) is 1.51. The average molecular weight is 395 g/mol.